The van der Waals surface area contributed by atoms with Crippen molar-refractivity contribution in [3.63, 3.8) is 0 Å². The average Bonchev–Trinajstić information content (AvgIpc) is 2.70. The van der Waals surface area contributed by atoms with Crippen LogP contribution in [0.3, 0.4) is 0 Å². The van der Waals surface area contributed by atoms with Crippen LogP contribution in [0.1, 0.15) is 59.8 Å². The highest BCUT2D eigenvalue weighted by atomic mass is 16.5. The van der Waals surface area contributed by atoms with Crippen LogP contribution in [0.4, 0.5) is 5.69 Å². The number of carbonyl (C=O) groups is 1. The standard InChI is InChI=1S/C25H40N2O3/c1-5-30-25(12-10-19(2)11-13-25)24(28)26-22-6-8-23(9-7-22)29-15-14-27-17-20(3)16-21(4)18-27/h6-9,19-21H,5,10-18H2,1-4H3,(H,26,28)/t19?,20-,21-,25?/m1/s1. The second kappa shape index (κ2) is 10.6. The monoisotopic (exact) mass is 416 g/mol. The number of rotatable bonds is 8. The summed E-state index contributed by atoms with van der Waals surface area (Å²) in [6.07, 6.45) is 4.99. The fourth-order valence-electron chi connectivity index (χ4n) is 5.09. The minimum absolute atomic E-state index is 0.0155. The molecule has 30 heavy (non-hydrogen) atoms. The fourth-order valence-corrected chi connectivity index (χ4v) is 5.09. The third kappa shape index (κ3) is 6.21. The molecular formula is C25H40N2O3. The van der Waals surface area contributed by atoms with Crippen molar-refractivity contribution in [2.45, 2.75) is 65.4 Å². The molecule has 0 unspecified atom stereocenters. The molecule has 3 rings (SSSR count). The lowest BCUT2D eigenvalue weighted by molar-refractivity contribution is -0.146. The molecule has 1 saturated carbocycles. The Morgan fingerprint density at radius 2 is 1.70 bits per heavy atom. The van der Waals surface area contributed by atoms with Crippen molar-refractivity contribution in [3.8, 4) is 5.75 Å². The minimum Gasteiger partial charge on any atom is -0.492 e. The molecule has 1 saturated heterocycles. The molecule has 168 valence electrons. The molecular weight excluding hydrogens is 376 g/mol. The number of likely N-dealkylation sites (tertiary alicyclic amines) is 1. The third-order valence-corrected chi connectivity index (χ3v) is 6.65. The van der Waals surface area contributed by atoms with Gasteiger partial charge in [-0.15, -0.1) is 0 Å². The fraction of sp³-hybridized carbons (Fsp3) is 0.720. The molecule has 2 fully saturated rings. The highest BCUT2D eigenvalue weighted by molar-refractivity contribution is 5.97. The molecule has 0 spiro atoms. The molecule has 2 atom stereocenters. The van der Waals surface area contributed by atoms with Gasteiger partial charge in [0, 0.05) is 31.9 Å². The first-order valence-corrected chi connectivity index (χ1v) is 11.8. The van der Waals surface area contributed by atoms with Crippen molar-refractivity contribution in [1.29, 1.82) is 0 Å². The topological polar surface area (TPSA) is 50.8 Å². The van der Waals surface area contributed by atoms with Crippen LogP contribution in [0.2, 0.25) is 0 Å². The highest BCUT2D eigenvalue weighted by Crippen LogP contribution is 2.36. The van der Waals surface area contributed by atoms with Crippen molar-refractivity contribution in [2.75, 3.05) is 38.2 Å². The number of nitrogens with zero attached hydrogens (tertiary/aromatic N) is 1. The Bertz CT molecular complexity index is 657. The van der Waals surface area contributed by atoms with E-state index < -0.39 is 5.60 Å². The van der Waals surface area contributed by atoms with E-state index in [-0.39, 0.29) is 5.91 Å². The van der Waals surface area contributed by atoms with Gasteiger partial charge in [0.25, 0.3) is 5.91 Å². The van der Waals surface area contributed by atoms with Crippen LogP contribution in [-0.4, -0.2) is 49.3 Å². The quantitative estimate of drug-likeness (QED) is 0.650. The molecule has 2 aliphatic rings. The second-order valence-corrected chi connectivity index (χ2v) is 9.64. The second-order valence-electron chi connectivity index (χ2n) is 9.64. The van der Waals surface area contributed by atoms with Gasteiger partial charge < -0.3 is 14.8 Å². The maximum absolute atomic E-state index is 13.0. The Balaban J connectivity index is 1.48. The van der Waals surface area contributed by atoms with Gasteiger partial charge in [-0.1, -0.05) is 20.8 Å². The van der Waals surface area contributed by atoms with Gasteiger partial charge in [-0.3, -0.25) is 9.69 Å². The van der Waals surface area contributed by atoms with Gasteiger partial charge in [0.05, 0.1) is 0 Å². The Morgan fingerprint density at radius 1 is 1.07 bits per heavy atom. The molecule has 1 aromatic rings. The van der Waals surface area contributed by atoms with Crippen LogP contribution in [-0.2, 0) is 9.53 Å². The van der Waals surface area contributed by atoms with Crippen molar-refractivity contribution < 1.29 is 14.3 Å². The number of benzene rings is 1. The molecule has 5 heteroatoms. The van der Waals surface area contributed by atoms with E-state index in [1.54, 1.807) is 0 Å². The zero-order valence-corrected chi connectivity index (χ0v) is 19.3. The van der Waals surface area contributed by atoms with Crippen molar-refractivity contribution in [2.24, 2.45) is 17.8 Å². The zero-order chi connectivity index (χ0) is 21.6. The normalized spacial score (nSPS) is 30.1. The number of hydrogen-bond acceptors (Lipinski definition) is 4. The summed E-state index contributed by atoms with van der Waals surface area (Å²) >= 11 is 0. The zero-order valence-electron chi connectivity index (χ0n) is 19.3. The molecule has 1 heterocycles. The lowest BCUT2D eigenvalue weighted by Gasteiger charge is -2.37. The summed E-state index contributed by atoms with van der Waals surface area (Å²) < 4.78 is 11.9. The largest absolute Gasteiger partial charge is 0.492 e. The van der Waals surface area contributed by atoms with E-state index in [0.29, 0.717) is 19.1 Å². The Labute approximate surface area is 182 Å². The van der Waals surface area contributed by atoms with Gasteiger partial charge in [-0.25, -0.2) is 0 Å². The van der Waals surface area contributed by atoms with Gasteiger partial charge in [0.2, 0.25) is 0 Å². The van der Waals surface area contributed by atoms with E-state index in [9.17, 15) is 4.79 Å². The Morgan fingerprint density at radius 3 is 2.30 bits per heavy atom. The molecule has 0 radical (unpaired) electrons. The predicted molar refractivity (Wildman–Crippen MR) is 122 cm³/mol. The van der Waals surface area contributed by atoms with Crippen LogP contribution in [0.15, 0.2) is 24.3 Å². The number of nitrogens with one attached hydrogen (secondary N) is 1. The maximum Gasteiger partial charge on any atom is 0.256 e. The average molecular weight is 417 g/mol. The minimum atomic E-state index is -0.681. The molecule has 0 aromatic heterocycles. The lowest BCUT2D eigenvalue weighted by atomic mass is 9.78. The van der Waals surface area contributed by atoms with E-state index >= 15 is 0 Å². The third-order valence-electron chi connectivity index (χ3n) is 6.65. The van der Waals surface area contributed by atoms with E-state index in [2.05, 4.69) is 31.0 Å². The van der Waals surface area contributed by atoms with Crippen molar-refractivity contribution in [3.05, 3.63) is 24.3 Å². The summed E-state index contributed by atoms with van der Waals surface area (Å²) in [5.74, 6) is 3.03. The Kier molecular flexibility index (Phi) is 8.18. The summed E-state index contributed by atoms with van der Waals surface area (Å²) in [6, 6.07) is 7.72. The number of piperidine rings is 1. The summed E-state index contributed by atoms with van der Waals surface area (Å²) in [4.78, 5) is 15.5. The van der Waals surface area contributed by atoms with Gasteiger partial charge in [0.1, 0.15) is 18.0 Å². The van der Waals surface area contributed by atoms with E-state index in [0.717, 1.165) is 55.5 Å². The van der Waals surface area contributed by atoms with Gasteiger partial charge >= 0.3 is 0 Å². The lowest BCUT2D eigenvalue weighted by Crippen LogP contribution is -2.48. The SMILES string of the molecule is CCOC1(C(=O)Nc2ccc(OCCN3C[C@H](C)C[C@@H](C)C3)cc2)CCC(C)CC1. The first-order chi connectivity index (χ1) is 14.4. The van der Waals surface area contributed by atoms with Gasteiger partial charge in [-0.2, -0.15) is 0 Å². The molecule has 1 amide bonds. The molecule has 1 N–H and O–H groups in total. The molecule has 1 aliphatic carbocycles. The molecule has 1 aliphatic heterocycles. The first kappa shape index (κ1) is 23.1. The molecule has 0 bridgehead atoms. The van der Waals surface area contributed by atoms with Crippen LogP contribution in [0.25, 0.3) is 0 Å². The van der Waals surface area contributed by atoms with Crippen LogP contribution in [0, 0.1) is 17.8 Å². The number of anilines is 1. The number of ether oxygens (including phenoxy) is 2. The molecule has 5 nitrogen and oxygen atoms in total. The van der Waals surface area contributed by atoms with Crippen molar-refractivity contribution >= 4 is 11.6 Å². The number of amides is 1. The predicted octanol–water partition coefficient (Wildman–Crippen LogP) is 4.97. The highest BCUT2D eigenvalue weighted by Gasteiger charge is 2.41. The summed E-state index contributed by atoms with van der Waals surface area (Å²) in [5, 5.41) is 3.07. The maximum atomic E-state index is 13.0. The van der Waals surface area contributed by atoms with Crippen LogP contribution >= 0.6 is 0 Å². The van der Waals surface area contributed by atoms with Crippen LogP contribution < -0.4 is 10.1 Å². The summed E-state index contributed by atoms with van der Waals surface area (Å²) in [6.45, 7) is 13.4. The smallest absolute Gasteiger partial charge is 0.256 e. The van der Waals surface area contributed by atoms with E-state index in [1.807, 2.05) is 31.2 Å². The van der Waals surface area contributed by atoms with E-state index in [1.165, 1.54) is 19.5 Å². The molecule has 1 aromatic carbocycles. The first-order valence-electron chi connectivity index (χ1n) is 11.8. The summed E-state index contributed by atoms with van der Waals surface area (Å²) in [7, 11) is 0. The Hall–Kier alpha value is -1.59. The van der Waals surface area contributed by atoms with Gasteiger partial charge in [-0.05, 0) is 81.0 Å². The van der Waals surface area contributed by atoms with E-state index in [4.69, 9.17) is 9.47 Å². The van der Waals surface area contributed by atoms with Gasteiger partial charge in [0.15, 0.2) is 0 Å². The number of carbonyl (C=O) groups excluding carboxylic acids is 1. The number of hydrogen-bond donors (Lipinski definition) is 1. The van der Waals surface area contributed by atoms with Crippen LogP contribution in [0.5, 0.6) is 5.75 Å². The van der Waals surface area contributed by atoms with Crippen molar-refractivity contribution in [1.82, 2.24) is 4.90 Å². The summed E-state index contributed by atoms with van der Waals surface area (Å²) in [5.41, 5.74) is 0.114.